The molecular formula is C24H33FN4O3. The third-order valence-electron chi connectivity index (χ3n) is 7.26. The summed E-state index contributed by atoms with van der Waals surface area (Å²) in [5.74, 6) is -0.980. The van der Waals surface area contributed by atoms with E-state index in [1.807, 2.05) is 4.90 Å². The number of carbonyl (C=O) groups excluding carboxylic acids is 3. The molecule has 3 heterocycles. The van der Waals surface area contributed by atoms with Crippen LogP contribution >= 0.6 is 0 Å². The number of likely N-dealkylation sites (tertiary alicyclic amines) is 2. The van der Waals surface area contributed by atoms with Gasteiger partial charge in [0.25, 0.3) is 5.91 Å². The van der Waals surface area contributed by atoms with E-state index in [0.29, 0.717) is 23.2 Å². The molecule has 3 amide bonds. The van der Waals surface area contributed by atoms with Gasteiger partial charge in [-0.25, -0.2) is 4.39 Å². The molecule has 1 N–H and O–H groups in total. The molecule has 174 valence electrons. The van der Waals surface area contributed by atoms with Crippen molar-refractivity contribution in [3.05, 3.63) is 29.1 Å². The highest BCUT2D eigenvalue weighted by molar-refractivity contribution is 6.04. The van der Waals surface area contributed by atoms with E-state index in [1.54, 1.807) is 4.90 Å². The van der Waals surface area contributed by atoms with Gasteiger partial charge in [-0.15, -0.1) is 0 Å². The van der Waals surface area contributed by atoms with Crippen LogP contribution in [0, 0.1) is 11.2 Å². The van der Waals surface area contributed by atoms with E-state index in [-0.39, 0.29) is 29.8 Å². The van der Waals surface area contributed by atoms with E-state index >= 15 is 0 Å². The quantitative estimate of drug-likeness (QED) is 0.773. The van der Waals surface area contributed by atoms with E-state index in [9.17, 15) is 18.8 Å². The van der Waals surface area contributed by atoms with Crippen molar-refractivity contribution in [1.82, 2.24) is 15.1 Å². The van der Waals surface area contributed by atoms with Gasteiger partial charge in [-0.2, -0.15) is 0 Å². The third-order valence-corrected chi connectivity index (χ3v) is 7.26. The van der Waals surface area contributed by atoms with Crippen LogP contribution in [0.3, 0.4) is 0 Å². The third kappa shape index (κ3) is 4.51. The number of nitrogens with one attached hydrogen (secondary N) is 1. The van der Waals surface area contributed by atoms with Gasteiger partial charge in [-0.1, -0.05) is 13.8 Å². The molecule has 2 saturated heterocycles. The zero-order chi connectivity index (χ0) is 23.0. The van der Waals surface area contributed by atoms with Gasteiger partial charge in [0.05, 0.1) is 24.2 Å². The molecule has 0 aromatic heterocycles. The van der Waals surface area contributed by atoms with E-state index in [1.165, 1.54) is 19.2 Å². The van der Waals surface area contributed by atoms with E-state index in [4.69, 9.17) is 0 Å². The number of piperidine rings is 2. The molecule has 2 fully saturated rings. The second kappa shape index (κ2) is 8.81. The molecule has 8 heteroatoms. The van der Waals surface area contributed by atoms with Gasteiger partial charge in [-0.05, 0) is 48.8 Å². The number of halogens is 1. The number of hydrogen-bond acceptors (Lipinski definition) is 4. The summed E-state index contributed by atoms with van der Waals surface area (Å²) < 4.78 is 14.5. The number of anilines is 1. The van der Waals surface area contributed by atoms with E-state index in [2.05, 4.69) is 24.1 Å². The zero-order valence-electron chi connectivity index (χ0n) is 19.2. The maximum Gasteiger partial charge on any atom is 0.254 e. The summed E-state index contributed by atoms with van der Waals surface area (Å²) in [6.07, 6.45) is 3.74. The molecule has 0 unspecified atom stereocenters. The Balaban J connectivity index is 1.36. The number of benzene rings is 1. The van der Waals surface area contributed by atoms with Gasteiger partial charge in [-0.3, -0.25) is 19.3 Å². The predicted octanol–water partition coefficient (Wildman–Crippen LogP) is 2.19. The number of nitrogens with zero attached hydrogens (tertiary/aromatic N) is 3. The second-order valence-corrected chi connectivity index (χ2v) is 10.0. The number of carbonyl (C=O) groups is 3. The Hall–Kier alpha value is -2.48. The molecule has 32 heavy (non-hydrogen) atoms. The lowest BCUT2D eigenvalue weighted by molar-refractivity contribution is -0.134. The van der Waals surface area contributed by atoms with E-state index in [0.717, 1.165) is 51.9 Å². The molecule has 3 aliphatic rings. The summed E-state index contributed by atoms with van der Waals surface area (Å²) in [7, 11) is 1.46. The van der Waals surface area contributed by atoms with Crippen molar-refractivity contribution in [2.24, 2.45) is 5.41 Å². The first-order valence-electron chi connectivity index (χ1n) is 11.6. The normalized spacial score (nSPS) is 21.6. The number of fused-ring (bicyclic) bond motifs is 1. The van der Waals surface area contributed by atoms with Crippen molar-refractivity contribution in [1.29, 1.82) is 0 Å². The van der Waals surface area contributed by atoms with Crippen LogP contribution < -0.4 is 10.2 Å². The van der Waals surface area contributed by atoms with Crippen molar-refractivity contribution < 1.29 is 18.8 Å². The van der Waals surface area contributed by atoms with Gasteiger partial charge in [0, 0.05) is 39.3 Å². The Bertz CT molecular complexity index is 914. The van der Waals surface area contributed by atoms with Crippen molar-refractivity contribution in [2.75, 3.05) is 44.7 Å². The van der Waals surface area contributed by atoms with Gasteiger partial charge in [0.2, 0.25) is 11.8 Å². The van der Waals surface area contributed by atoms with Crippen molar-refractivity contribution in [3.63, 3.8) is 0 Å². The first kappa shape index (κ1) is 22.7. The Morgan fingerprint density at radius 2 is 1.78 bits per heavy atom. The number of hydrogen-bond donors (Lipinski definition) is 1. The van der Waals surface area contributed by atoms with Crippen LogP contribution in [0.1, 0.15) is 55.5 Å². The minimum atomic E-state index is -0.615. The van der Waals surface area contributed by atoms with Crippen LogP contribution in [0.5, 0.6) is 0 Å². The highest BCUT2D eigenvalue weighted by Gasteiger charge is 2.37. The fourth-order valence-electron chi connectivity index (χ4n) is 5.05. The van der Waals surface area contributed by atoms with Crippen LogP contribution in [-0.2, 0) is 16.0 Å². The van der Waals surface area contributed by atoms with Crippen molar-refractivity contribution in [2.45, 2.75) is 52.0 Å². The fourth-order valence-corrected chi connectivity index (χ4v) is 5.05. The molecule has 0 atom stereocenters. The summed E-state index contributed by atoms with van der Waals surface area (Å²) in [6.45, 7) is 8.03. The Morgan fingerprint density at radius 3 is 2.41 bits per heavy atom. The molecule has 0 saturated carbocycles. The average molecular weight is 445 g/mol. The fraction of sp³-hybridized carbons (Fsp3) is 0.625. The van der Waals surface area contributed by atoms with Gasteiger partial charge < -0.3 is 15.1 Å². The van der Waals surface area contributed by atoms with Crippen LogP contribution in [0.2, 0.25) is 0 Å². The Labute approximate surface area is 188 Å². The summed E-state index contributed by atoms with van der Waals surface area (Å²) in [5, 5.41) is 2.43. The molecule has 4 rings (SSSR count). The summed E-state index contributed by atoms with van der Waals surface area (Å²) >= 11 is 0. The lowest BCUT2D eigenvalue weighted by Crippen LogP contribution is -2.50. The van der Waals surface area contributed by atoms with Crippen LogP contribution in [0.25, 0.3) is 0 Å². The molecule has 0 radical (unpaired) electrons. The molecule has 0 bridgehead atoms. The van der Waals surface area contributed by atoms with Crippen molar-refractivity contribution in [3.8, 4) is 0 Å². The van der Waals surface area contributed by atoms with Crippen LogP contribution in [0.15, 0.2) is 12.1 Å². The SMILES string of the molecule is CNC(=O)c1cc2c(cc1F)N(C1CCN(CC(=O)N3CCC(C)(C)CC3)CC1)C(=O)C2. The number of amides is 3. The summed E-state index contributed by atoms with van der Waals surface area (Å²) in [6, 6.07) is 2.80. The van der Waals surface area contributed by atoms with Gasteiger partial charge in [0.15, 0.2) is 0 Å². The smallest absolute Gasteiger partial charge is 0.254 e. The first-order chi connectivity index (χ1) is 15.2. The molecular weight excluding hydrogens is 411 g/mol. The molecule has 7 nitrogen and oxygen atoms in total. The predicted molar refractivity (Wildman–Crippen MR) is 120 cm³/mol. The van der Waals surface area contributed by atoms with E-state index < -0.39 is 11.7 Å². The second-order valence-electron chi connectivity index (χ2n) is 10.0. The van der Waals surface area contributed by atoms with Gasteiger partial charge in [0.1, 0.15) is 5.82 Å². The topological polar surface area (TPSA) is 73.0 Å². The van der Waals surface area contributed by atoms with Crippen molar-refractivity contribution >= 4 is 23.4 Å². The lowest BCUT2D eigenvalue weighted by atomic mass is 9.82. The molecule has 0 spiro atoms. The Kier molecular flexibility index (Phi) is 6.25. The maximum atomic E-state index is 14.5. The summed E-state index contributed by atoms with van der Waals surface area (Å²) in [4.78, 5) is 43.2. The highest BCUT2D eigenvalue weighted by atomic mass is 19.1. The standard InChI is InChI=1S/C24H33FN4O3/c1-24(2)6-10-28(11-7-24)22(31)15-27-8-4-17(5-9-27)29-20-14-19(25)18(23(32)26-3)12-16(20)13-21(29)30/h12,14,17H,4-11,13,15H2,1-3H3,(H,26,32). The first-order valence-corrected chi connectivity index (χ1v) is 11.6. The Morgan fingerprint density at radius 1 is 1.12 bits per heavy atom. The molecule has 3 aliphatic heterocycles. The minimum Gasteiger partial charge on any atom is -0.355 e. The largest absolute Gasteiger partial charge is 0.355 e. The van der Waals surface area contributed by atoms with Crippen LogP contribution in [0.4, 0.5) is 10.1 Å². The minimum absolute atomic E-state index is 0.0175. The number of rotatable bonds is 4. The average Bonchev–Trinajstić information content (AvgIpc) is 3.07. The van der Waals surface area contributed by atoms with Gasteiger partial charge >= 0.3 is 0 Å². The molecule has 0 aliphatic carbocycles. The van der Waals surface area contributed by atoms with Crippen LogP contribution in [-0.4, -0.2) is 73.3 Å². The highest BCUT2D eigenvalue weighted by Crippen LogP contribution is 2.35. The zero-order valence-corrected chi connectivity index (χ0v) is 19.2. The molecule has 1 aromatic carbocycles. The lowest BCUT2D eigenvalue weighted by Gasteiger charge is -2.39. The summed E-state index contributed by atoms with van der Waals surface area (Å²) in [5.41, 5.74) is 1.55. The monoisotopic (exact) mass is 444 g/mol. The molecule has 1 aromatic rings. The maximum absolute atomic E-state index is 14.5.